The summed E-state index contributed by atoms with van der Waals surface area (Å²) < 4.78 is 0. The zero-order chi connectivity index (χ0) is 14.6. The molecule has 0 nitrogen and oxygen atoms in total. The number of aryl methyl sites for hydroxylation is 1. The second-order valence-electron chi connectivity index (χ2n) is 4.42. The van der Waals surface area contributed by atoms with Crippen molar-refractivity contribution in [2.24, 2.45) is 0 Å². The molecule has 4 heteroatoms. The van der Waals surface area contributed by atoms with Gasteiger partial charge in [-0.1, -0.05) is 6.92 Å². The SMILES string of the molecule is C[Si](=[Zr+2])c1ccccc1.C[c-]1cccc1.[Cl-].[Cl-].c1cc[cH-]c1. The van der Waals surface area contributed by atoms with Gasteiger partial charge >= 0.3 is 70.8 Å². The molecule has 116 valence electrons. The topological polar surface area (TPSA) is 0 Å². The van der Waals surface area contributed by atoms with Crippen molar-refractivity contribution in [1.29, 1.82) is 0 Å². The van der Waals surface area contributed by atoms with Gasteiger partial charge in [0, 0.05) is 0 Å². The molecule has 0 saturated heterocycles. The first kappa shape index (κ1) is 23.9. The summed E-state index contributed by atoms with van der Waals surface area (Å²) in [4.78, 5) is 0. The standard InChI is InChI=1S/C7H8Si.C6H7.C5H5.2ClH.Zr/c1-8-7-5-3-2-4-6-7;1-6-4-2-3-5-6;1-2-4-5-3-1;;;/h2-6H,1H3;2-5H,1H3;1-5H;2*1H;/q;2*-1;;;+2/p-2. The van der Waals surface area contributed by atoms with Gasteiger partial charge in [-0.3, -0.25) is 0 Å². The van der Waals surface area contributed by atoms with Crippen LogP contribution in [-0.2, 0) is 23.3 Å². The molecule has 0 heterocycles. The second kappa shape index (κ2) is 15.5. The van der Waals surface area contributed by atoms with Crippen LogP contribution in [0.15, 0.2) is 84.9 Å². The van der Waals surface area contributed by atoms with E-state index in [1.54, 1.807) is 28.5 Å². The minimum absolute atomic E-state index is 0. The molecule has 3 rings (SSSR count). The van der Waals surface area contributed by atoms with E-state index in [1.807, 2.05) is 42.5 Å². The number of halogens is 2. The molecule has 3 aromatic carbocycles. The molecule has 0 aliphatic carbocycles. The Hall–Kier alpha value is -0.400. The largest absolute Gasteiger partial charge is 1.00 e. The maximum Gasteiger partial charge on any atom is -0.0860 e. The van der Waals surface area contributed by atoms with E-state index in [9.17, 15) is 0 Å². The number of hydrogen-bond donors (Lipinski definition) is 0. The molecule has 0 amide bonds. The smallest absolute Gasteiger partial charge is 0.0860 e. The van der Waals surface area contributed by atoms with Gasteiger partial charge in [-0.2, -0.15) is 35.9 Å². The Balaban J connectivity index is 0. The van der Waals surface area contributed by atoms with E-state index in [-0.39, 0.29) is 30.2 Å². The van der Waals surface area contributed by atoms with Crippen molar-refractivity contribution in [2.75, 3.05) is 0 Å². The number of benzene rings is 1. The Kier molecular flexibility index (Phi) is 16.8. The van der Waals surface area contributed by atoms with Crippen molar-refractivity contribution in [2.45, 2.75) is 13.5 Å². The molecule has 0 aliphatic rings. The zero-order valence-corrected chi connectivity index (χ0v) is 17.8. The fourth-order valence-corrected chi connectivity index (χ4v) is 3.40. The van der Waals surface area contributed by atoms with Crippen molar-refractivity contribution in [1.82, 2.24) is 0 Å². The van der Waals surface area contributed by atoms with Crippen molar-refractivity contribution in [3.63, 3.8) is 0 Å². The Morgan fingerprint density at radius 2 is 1.36 bits per heavy atom. The molecule has 3 aromatic rings. The first-order valence-electron chi connectivity index (χ1n) is 6.65. The van der Waals surface area contributed by atoms with Gasteiger partial charge in [0.05, 0.1) is 0 Å². The third-order valence-corrected chi connectivity index (χ3v) is 5.92. The molecule has 22 heavy (non-hydrogen) atoms. The first-order chi connectivity index (χ1) is 9.70. The zero-order valence-electron chi connectivity index (χ0n) is 12.8. The molecule has 0 atom stereocenters. The molecule has 0 spiro atoms. The van der Waals surface area contributed by atoms with Crippen LogP contribution in [0.25, 0.3) is 0 Å². The van der Waals surface area contributed by atoms with Crippen LogP contribution in [0.2, 0.25) is 6.55 Å². The number of rotatable bonds is 1. The fourth-order valence-electron chi connectivity index (χ4n) is 1.48. The summed E-state index contributed by atoms with van der Waals surface area (Å²) in [5.41, 5.74) is 1.22. The molecule has 0 aromatic heterocycles. The van der Waals surface area contributed by atoms with Gasteiger partial charge in [0.1, 0.15) is 0 Å². The van der Waals surface area contributed by atoms with Crippen LogP contribution in [-0.4, -0.2) is 5.43 Å². The van der Waals surface area contributed by atoms with Crippen LogP contribution < -0.4 is 30.0 Å². The summed E-state index contributed by atoms with van der Waals surface area (Å²) in [6.45, 7) is 4.43. The van der Waals surface area contributed by atoms with Crippen LogP contribution in [0.1, 0.15) is 5.56 Å². The van der Waals surface area contributed by atoms with Gasteiger partial charge in [-0.05, 0) is 0 Å². The average Bonchev–Trinajstić information content (AvgIpc) is 3.16. The number of hydrogen-bond acceptors (Lipinski definition) is 0. The third kappa shape index (κ3) is 12.2. The Bertz CT molecular complexity index is 543. The Morgan fingerprint density at radius 1 is 0.864 bits per heavy atom. The quantitative estimate of drug-likeness (QED) is 0.318. The van der Waals surface area contributed by atoms with E-state index in [0.29, 0.717) is 0 Å². The van der Waals surface area contributed by atoms with E-state index in [2.05, 4.69) is 55.9 Å². The van der Waals surface area contributed by atoms with Crippen LogP contribution >= 0.6 is 0 Å². The molecular weight excluding hydrogens is 406 g/mol. The summed E-state index contributed by atoms with van der Waals surface area (Å²) >= 11 is 1.69. The normalized spacial score (nSPS) is 8.00. The first-order valence-corrected chi connectivity index (χ1v) is 12.3. The van der Waals surface area contributed by atoms with E-state index in [1.165, 1.54) is 5.56 Å². The predicted molar refractivity (Wildman–Crippen MR) is 86.5 cm³/mol. The molecule has 0 radical (unpaired) electrons. The minimum atomic E-state index is -0.122. The van der Waals surface area contributed by atoms with Crippen molar-refractivity contribution in [3.05, 3.63) is 90.5 Å². The van der Waals surface area contributed by atoms with Gasteiger partial charge in [-0.15, -0.1) is 0 Å². The maximum absolute atomic E-state index is 2.35. The summed E-state index contributed by atoms with van der Waals surface area (Å²) in [6.07, 6.45) is 0. The second-order valence-corrected chi connectivity index (χ2v) is 11.8. The van der Waals surface area contributed by atoms with E-state index >= 15 is 0 Å². The molecule has 0 fully saturated rings. The fraction of sp³-hybridized carbons (Fsp3) is 0.111. The van der Waals surface area contributed by atoms with E-state index in [0.717, 1.165) is 0 Å². The summed E-state index contributed by atoms with van der Waals surface area (Å²) in [7, 11) is 0. The van der Waals surface area contributed by atoms with E-state index < -0.39 is 0 Å². The van der Waals surface area contributed by atoms with Crippen LogP contribution in [0.5, 0.6) is 0 Å². The molecule has 0 aliphatic heterocycles. The molecular formula is C18H20Cl2SiZr-2. The van der Waals surface area contributed by atoms with Crippen molar-refractivity contribution in [3.8, 4) is 0 Å². The molecule has 0 saturated carbocycles. The predicted octanol–water partition coefficient (Wildman–Crippen LogP) is -1.81. The van der Waals surface area contributed by atoms with Crippen molar-refractivity contribution >= 4 is 10.6 Å². The van der Waals surface area contributed by atoms with Crippen LogP contribution in [0.3, 0.4) is 0 Å². The van der Waals surface area contributed by atoms with Crippen molar-refractivity contribution < 1.29 is 48.1 Å². The maximum atomic E-state index is 2.35. The Labute approximate surface area is 161 Å². The molecule has 0 bridgehead atoms. The van der Waals surface area contributed by atoms with Crippen LogP contribution in [0.4, 0.5) is 0 Å². The van der Waals surface area contributed by atoms with Gasteiger partial charge in [-0.25, -0.2) is 24.3 Å². The van der Waals surface area contributed by atoms with Gasteiger partial charge < -0.3 is 24.8 Å². The third-order valence-electron chi connectivity index (χ3n) is 2.59. The van der Waals surface area contributed by atoms with Crippen LogP contribution in [0, 0.1) is 6.92 Å². The summed E-state index contributed by atoms with van der Waals surface area (Å²) in [5, 5.41) is 1.56. The average molecular weight is 427 g/mol. The monoisotopic (exact) mass is 424 g/mol. The summed E-state index contributed by atoms with van der Waals surface area (Å²) in [5.74, 6) is 0. The molecule has 0 N–H and O–H groups in total. The summed E-state index contributed by atoms with van der Waals surface area (Å²) in [6, 6.07) is 29.0. The minimum Gasteiger partial charge on any atom is -1.00 e. The van der Waals surface area contributed by atoms with E-state index in [4.69, 9.17) is 0 Å². The molecule has 0 unspecified atom stereocenters. The van der Waals surface area contributed by atoms with Gasteiger partial charge in [0.25, 0.3) is 0 Å². The Morgan fingerprint density at radius 3 is 1.59 bits per heavy atom. The van der Waals surface area contributed by atoms with Gasteiger partial charge in [0.2, 0.25) is 0 Å². The van der Waals surface area contributed by atoms with Gasteiger partial charge in [0.15, 0.2) is 0 Å².